The largest absolute Gasteiger partial charge is 0.389 e. The van der Waals surface area contributed by atoms with Gasteiger partial charge in [0, 0.05) is 13.6 Å². The highest BCUT2D eigenvalue weighted by Crippen LogP contribution is 2.10. The molecule has 5 heteroatoms. The van der Waals surface area contributed by atoms with Gasteiger partial charge in [0.1, 0.15) is 0 Å². The third-order valence-electron chi connectivity index (χ3n) is 1.63. The summed E-state index contributed by atoms with van der Waals surface area (Å²) < 4.78 is 24.5. The number of hydrogen-bond acceptors (Lipinski definition) is 3. The Morgan fingerprint density at radius 3 is 2.07 bits per heavy atom. The number of likely N-dealkylation sites (N-methyl/N-ethyl adjacent to an activating group) is 1. The zero-order chi connectivity index (χ0) is 11.6. The number of sulfonamides is 1. The quantitative estimate of drug-likeness (QED) is 0.745. The summed E-state index contributed by atoms with van der Waals surface area (Å²) in [6.45, 7) is 7.02. The van der Waals surface area contributed by atoms with Gasteiger partial charge in [0.05, 0.1) is 11.4 Å². The Bertz CT molecular complexity index is 264. The molecule has 0 rings (SSSR count). The molecule has 86 valence electrons. The molecule has 0 heterocycles. The molecule has 0 amide bonds. The van der Waals surface area contributed by atoms with E-state index in [1.807, 2.05) is 13.8 Å². The monoisotopic (exact) mass is 223 g/mol. The summed E-state index contributed by atoms with van der Waals surface area (Å²) in [6, 6.07) is 0. The summed E-state index contributed by atoms with van der Waals surface area (Å²) in [4.78, 5) is 0. The molecule has 1 N–H and O–H groups in total. The molecule has 0 aromatic rings. The molecule has 0 unspecified atom stereocenters. The maximum atomic E-state index is 11.6. The summed E-state index contributed by atoms with van der Waals surface area (Å²) in [5.41, 5.74) is -0.987. The third-order valence-corrected chi connectivity index (χ3v) is 3.80. The van der Waals surface area contributed by atoms with E-state index in [-0.39, 0.29) is 18.2 Å². The average Bonchev–Trinajstić information content (AvgIpc) is 1.79. The summed E-state index contributed by atoms with van der Waals surface area (Å²) in [5.74, 6) is 0.226. The fraction of sp³-hybridized carbons (Fsp3) is 1.00. The molecule has 14 heavy (non-hydrogen) atoms. The van der Waals surface area contributed by atoms with Crippen molar-refractivity contribution in [1.82, 2.24) is 4.31 Å². The second kappa shape index (κ2) is 4.59. The second-order valence-corrected chi connectivity index (χ2v) is 6.86. The van der Waals surface area contributed by atoms with E-state index < -0.39 is 15.6 Å². The molecule has 0 radical (unpaired) electrons. The number of hydrogen-bond donors (Lipinski definition) is 1. The lowest BCUT2D eigenvalue weighted by Gasteiger charge is -2.25. The van der Waals surface area contributed by atoms with Gasteiger partial charge < -0.3 is 5.11 Å². The van der Waals surface area contributed by atoms with Crippen molar-refractivity contribution in [3.63, 3.8) is 0 Å². The lowest BCUT2D eigenvalue weighted by Crippen LogP contribution is -2.41. The number of rotatable bonds is 5. The van der Waals surface area contributed by atoms with Gasteiger partial charge in [-0.1, -0.05) is 13.8 Å². The Kier molecular flexibility index (Phi) is 4.55. The van der Waals surface area contributed by atoms with E-state index in [4.69, 9.17) is 0 Å². The first-order chi connectivity index (χ1) is 6.04. The SMILES string of the molecule is CC(C)CS(=O)(=O)N(C)CC(C)(C)O. The molecular weight excluding hydrogens is 202 g/mol. The maximum Gasteiger partial charge on any atom is 0.214 e. The maximum absolute atomic E-state index is 11.6. The average molecular weight is 223 g/mol. The van der Waals surface area contributed by atoms with Crippen molar-refractivity contribution in [3.8, 4) is 0 Å². The van der Waals surface area contributed by atoms with Crippen molar-refractivity contribution in [1.29, 1.82) is 0 Å². The Morgan fingerprint density at radius 2 is 1.79 bits per heavy atom. The van der Waals surface area contributed by atoms with Crippen LogP contribution in [0.1, 0.15) is 27.7 Å². The highest BCUT2D eigenvalue weighted by molar-refractivity contribution is 7.89. The zero-order valence-corrected chi connectivity index (χ0v) is 10.4. The van der Waals surface area contributed by atoms with E-state index in [2.05, 4.69) is 0 Å². The molecule has 4 nitrogen and oxygen atoms in total. The van der Waals surface area contributed by atoms with E-state index in [0.29, 0.717) is 0 Å². The smallest absolute Gasteiger partial charge is 0.214 e. The van der Waals surface area contributed by atoms with Crippen molar-refractivity contribution >= 4 is 10.0 Å². The van der Waals surface area contributed by atoms with Crippen LogP contribution >= 0.6 is 0 Å². The van der Waals surface area contributed by atoms with Crippen molar-refractivity contribution in [2.75, 3.05) is 19.3 Å². The molecule has 0 atom stereocenters. The number of nitrogens with zero attached hydrogens (tertiary/aromatic N) is 1. The van der Waals surface area contributed by atoms with Gasteiger partial charge in [0.15, 0.2) is 0 Å². The molecule has 0 spiro atoms. The summed E-state index contributed by atoms with van der Waals surface area (Å²) in [7, 11) is -1.72. The predicted molar refractivity (Wildman–Crippen MR) is 57.6 cm³/mol. The van der Waals surface area contributed by atoms with Crippen molar-refractivity contribution in [2.24, 2.45) is 5.92 Å². The Hall–Kier alpha value is -0.130. The lowest BCUT2D eigenvalue weighted by molar-refractivity contribution is 0.0639. The highest BCUT2D eigenvalue weighted by Gasteiger charge is 2.25. The molecule has 0 saturated heterocycles. The van der Waals surface area contributed by atoms with Crippen LogP contribution in [0, 0.1) is 5.92 Å². The first kappa shape index (κ1) is 13.9. The van der Waals surface area contributed by atoms with Crippen molar-refractivity contribution in [3.05, 3.63) is 0 Å². The van der Waals surface area contributed by atoms with E-state index >= 15 is 0 Å². The molecule has 0 saturated carbocycles. The van der Waals surface area contributed by atoms with Crippen molar-refractivity contribution < 1.29 is 13.5 Å². The topological polar surface area (TPSA) is 57.6 Å². The van der Waals surface area contributed by atoms with Crippen LogP contribution in [0.4, 0.5) is 0 Å². The van der Waals surface area contributed by atoms with E-state index in [1.165, 1.54) is 11.4 Å². The summed E-state index contributed by atoms with van der Waals surface area (Å²) >= 11 is 0. The van der Waals surface area contributed by atoms with Crippen LogP contribution in [0.3, 0.4) is 0 Å². The van der Waals surface area contributed by atoms with E-state index in [0.717, 1.165) is 0 Å². The van der Waals surface area contributed by atoms with Crippen LogP contribution in [0.2, 0.25) is 0 Å². The van der Waals surface area contributed by atoms with Crippen LogP contribution in [0.15, 0.2) is 0 Å². The molecule has 0 aliphatic carbocycles. The van der Waals surface area contributed by atoms with Crippen LogP contribution in [-0.2, 0) is 10.0 Å². The van der Waals surface area contributed by atoms with Gasteiger partial charge >= 0.3 is 0 Å². The van der Waals surface area contributed by atoms with Gasteiger partial charge in [0.25, 0.3) is 0 Å². The van der Waals surface area contributed by atoms with Crippen molar-refractivity contribution in [2.45, 2.75) is 33.3 Å². The molecule has 0 fully saturated rings. The summed E-state index contributed by atoms with van der Waals surface area (Å²) in [6.07, 6.45) is 0. The molecule has 0 aromatic heterocycles. The first-order valence-corrected chi connectivity index (χ1v) is 6.32. The molecule has 0 bridgehead atoms. The molecule has 0 aromatic carbocycles. The summed E-state index contributed by atoms with van der Waals surface area (Å²) in [5, 5.41) is 9.48. The number of aliphatic hydroxyl groups is 1. The normalized spacial score (nSPS) is 14.0. The van der Waals surface area contributed by atoms with Gasteiger partial charge in [0.2, 0.25) is 10.0 Å². The minimum atomic E-state index is -3.22. The van der Waals surface area contributed by atoms with Gasteiger partial charge in [-0.05, 0) is 19.8 Å². The Morgan fingerprint density at radius 1 is 1.36 bits per heavy atom. The lowest BCUT2D eigenvalue weighted by atomic mass is 10.1. The Labute approximate surface area is 87.0 Å². The second-order valence-electron chi connectivity index (χ2n) is 4.74. The van der Waals surface area contributed by atoms with E-state index in [1.54, 1.807) is 13.8 Å². The first-order valence-electron chi connectivity index (χ1n) is 4.71. The minimum absolute atomic E-state index is 0.101. The fourth-order valence-corrected chi connectivity index (χ4v) is 2.80. The molecular formula is C9H21NO3S. The minimum Gasteiger partial charge on any atom is -0.389 e. The van der Waals surface area contributed by atoms with Crippen LogP contribution in [0.5, 0.6) is 0 Å². The predicted octanol–water partition coefficient (Wildman–Crippen LogP) is 0.675. The van der Waals surface area contributed by atoms with Gasteiger partial charge in [-0.2, -0.15) is 0 Å². The highest BCUT2D eigenvalue weighted by atomic mass is 32.2. The van der Waals surface area contributed by atoms with Crippen LogP contribution in [0.25, 0.3) is 0 Å². The van der Waals surface area contributed by atoms with Crippen LogP contribution in [-0.4, -0.2) is 42.8 Å². The van der Waals surface area contributed by atoms with Gasteiger partial charge in [-0.25, -0.2) is 12.7 Å². The van der Waals surface area contributed by atoms with Gasteiger partial charge in [-0.3, -0.25) is 0 Å². The van der Waals surface area contributed by atoms with Gasteiger partial charge in [-0.15, -0.1) is 0 Å². The molecule has 0 aliphatic rings. The fourth-order valence-electron chi connectivity index (χ4n) is 1.19. The zero-order valence-electron chi connectivity index (χ0n) is 9.61. The molecule has 0 aliphatic heterocycles. The van der Waals surface area contributed by atoms with Crippen LogP contribution < -0.4 is 0 Å². The standard InChI is InChI=1S/C9H21NO3S/c1-8(2)6-14(12,13)10(5)7-9(3,4)11/h8,11H,6-7H2,1-5H3. The Balaban J connectivity index is 4.45. The third kappa shape index (κ3) is 5.57. The van der Waals surface area contributed by atoms with E-state index in [9.17, 15) is 13.5 Å².